The highest BCUT2D eigenvalue weighted by atomic mass is 32.2. The van der Waals surface area contributed by atoms with E-state index in [9.17, 15) is 13.2 Å². The van der Waals surface area contributed by atoms with Gasteiger partial charge in [0.2, 0.25) is 0 Å². The first-order valence-electron chi connectivity index (χ1n) is 8.68. The zero-order valence-electron chi connectivity index (χ0n) is 14.8. The molecule has 4 rings (SSSR count). The van der Waals surface area contributed by atoms with Gasteiger partial charge in [0.05, 0.1) is 16.8 Å². The SMILES string of the molecule is C#CCn1c(=NC(=O)C2CCCN2S(=O)(=O)c2cccs2)sc2ccccc21. The number of carbonyl (C=O) groups is 1. The number of benzene rings is 1. The average molecular weight is 432 g/mol. The van der Waals surface area contributed by atoms with Crippen LogP contribution in [0.1, 0.15) is 12.8 Å². The van der Waals surface area contributed by atoms with E-state index in [1.165, 1.54) is 15.6 Å². The Bertz CT molecular complexity index is 1230. The number of nitrogens with zero attached hydrogens (tertiary/aromatic N) is 3. The second-order valence-electron chi connectivity index (χ2n) is 6.30. The molecule has 0 radical (unpaired) electrons. The number of para-hydroxylation sites is 1. The van der Waals surface area contributed by atoms with E-state index < -0.39 is 22.0 Å². The van der Waals surface area contributed by atoms with Crippen LogP contribution in [0.3, 0.4) is 0 Å². The minimum Gasteiger partial charge on any atom is -0.305 e. The van der Waals surface area contributed by atoms with E-state index in [0.29, 0.717) is 24.2 Å². The van der Waals surface area contributed by atoms with Crippen LogP contribution in [0.15, 0.2) is 51.0 Å². The van der Waals surface area contributed by atoms with Crippen molar-refractivity contribution in [1.82, 2.24) is 8.87 Å². The lowest BCUT2D eigenvalue weighted by Gasteiger charge is -2.20. The van der Waals surface area contributed by atoms with Gasteiger partial charge in [-0.3, -0.25) is 4.79 Å². The molecule has 1 aliphatic rings. The van der Waals surface area contributed by atoms with Crippen molar-refractivity contribution >= 4 is 48.8 Å². The molecule has 9 heteroatoms. The molecule has 1 aromatic carbocycles. The van der Waals surface area contributed by atoms with Gasteiger partial charge in [-0.2, -0.15) is 9.30 Å². The quantitative estimate of drug-likeness (QED) is 0.596. The van der Waals surface area contributed by atoms with E-state index in [1.807, 2.05) is 28.8 Å². The van der Waals surface area contributed by atoms with Gasteiger partial charge in [-0.05, 0) is 36.4 Å². The van der Waals surface area contributed by atoms with Gasteiger partial charge in [-0.15, -0.1) is 17.8 Å². The first kappa shape index (κ1) is 19.1. The summed E-state index contributed by atoms with van der Waals surface area (Å²) in [5.41, 5.74) is 0.909. The highest BCUT2D eigenvalue weighted by Gasteiger charge is 2.39. The Hall–Kier alpha value is -2.25. The van der Waals surface area contributed by atoms with Crippen LogP contribution in [0.2, 0.25) is 0 Å². The molecule has 0 bridgehead atoms. The molecule has 6 nitrogen and oxygen atoms in total. The van der Waals surface area contributed by atoms with Crippen LogP contribution >= 0.6 is 22.7 Å². The number of carbonyl (C=O) groups excluding carboxylic acids is 1. The number of thiazole rings is 1. The second-order valence-corrected chi connectivity index (χ2v) is 10.4. The maximum Gasteiger partial charge on any atom is 0.266 e. The molecule has 0 saturated carbocycles. The van der Waals surface area contributed by atoms with Crippen LogP contribution < -0.4 is 4.80 Å². The van der Waals surface area contributed by atoms with Gasteiger partial charge in [-0.1, -0.05) is 35.5 Å². The van der Waals surface area contributed by atoms with E-state index in [1.54, 1.807) is 17.5 Å². The van der Waals surface area contributed by atoms with Gasteiger partial charge in [0.1, 0.15) is 10.3 Å². The van der Waals surface area contributed by atoms with Crippen LogP contribution in [0, 0.1) is 12.3 Å². The lowest BCUT2D eigenvalue weighted by molar-refractivity contribution is -0.121. The largest absolute Gasteiger partial charge is 0.305 e. The van der Waals surface area contributed by atoms with Crippen molar-refractivity contribution in [2.75, 3.05) is 6.54 Å². The summed E-state index contributed by atoms with van der Waals surface area (Å²) in [6.45, 7) is 0.612. The number of sulfonamides is 1. The number of thiophene rings is 1. The van der Waals surface area contributed by atoms with E-state index in [-0.39, 0.29) is 10.8 Å². The fourth-order valence-corrected chi connectivity index (χ4v) is 7.12. The van der Waals surface area contributed by atoms with Crippen LogP contribution in [0.5, 0.6) is 0 Å². The smallest absolute Gasteiger partial charge is 0.266 e. The zero-order chi connectivity index (χ0) is 19.7. The third-order valence-corrected chi connectivity index (χ3v) is 8.93. The van der Waals surface area contributed by atoms with Crippen molar-refractivity contribution < 1.29 is 13.2 Å². The molecular weight excluding hydrogens is 414 g/mol. The summed E-state index contributed by atoms with van der Waals surface area (Å²) in [4.78, 5) is 17.7. The maximum absolute atomic E-state index is 12.9. The molecule has 1 amide bonds. The van der Waals surface area contributed by atoms with Crippen molar-refractivity contribution in [3.05, 3.63) is 46.6 Å². The van der Waals surface area contributed by atoms with Crippen molar-refractivity contribution in [2.24, 2.45) is 4.99 Å². The van der Waals surface area contributed by atoms with E-state index >= 15 is 0 Å². The Labute approximate surface area is 170 Å². The van der Waals surface area contributed by atoms with Gasteiger partial charge < -0.3 is 4.57 Å². The summed E-state index contributed by atoms with van der Waals surface area (Å²) in [5.74, 6) is 2.14. The topological polar surface area (TPSA) is 71.7 Å². The number of rotatable bonds is 4. The van der Waals surface area contributed by atoms with Gasteiger partial charge in [-0.25, -0.2) is 8.42 Å². The van der Waals surface area contributed by atoms with Gasteiger partial charge in [0.25, 0.3) is 15.9 Å². The number of aromatic nitrogens is 1. The lowest BCUT2D eigenvalue weighted by Crippen LogP contribution is -2.40. The van der Waals surface area contributed by atoms with Crippen molar-refractivity contribution in [3.8, 4) is 12.3 Å². The van der Waals surface area contributed by atoms with E-state index in [2.05, 4.69) is 10.9 Å². The van der Waals surface area contributed by atoms with Crippen molar-refractivity contribution in [3.63, 3.8) is 0 Å². The van der Waals surface area contributed by atoms with Crippen molar-refractivity contribution in [1.29, 1.82) is 0 Å². The number of fused-ring (bicyclic) bond motifs is 1. The lowest BCUT2D eigenvalue weighted by atomic mass is 10.2. The molecule has 1 aliphatic heterocycles. The minimum absolute atomic E-state index is 0.247. The number of terminal acetylenes is 1. The fourth-order valence-electron chi connectivity index (χ4n) is 3.32. The first-order valence-corrected chi connectivity index (χ1v) is 11.8. The summed E-state index contributed by atoms with van der Waals surface area (Å²) in [6, 6.07) is 10.2. The number of hydrogen-bond acceptors (Lipinski definition) is 5. The molecule has 0 N–H and O–H groups in total. The summed E-state index contributed by atoms with van der Waals surface area (Å²) in [7, 11) is -3.69. The molecule has 144 valence electrons. The highest BCUT2D eigenvalue weighted by Crippen LogP contribution is 2.29. The van der Waals surface area contributed by atoms with Crippen LogP contribution in [0.25, 0.3) is 10.2 Å². The van der Waals surface area contributed by atoms with Gasteiger partial charge >= 0.3 is 0 Å². The van der Waals surface area contributed by atoms with E-state index in [0.717, 1.165) is 21.6 Å². The Morgan fingerprint density at radius 3 is 2.86 bits per heavy atom. The third kappa shape index (κ3) is 3.33. The first-order chi connectivity index (χ1) is 13.5. The molecular formula is C19H17N3O3S3. The molecule has 1 fully saturated rings. The molecule has 1 unspecified atom stereocenters. The summed E-state index contributed by atoms with van der Waals surface area (Å²) >= 11 is 2.52. The Kier molecular flexibility index (Phi) is 5.21. The van der Waals surface area contributed by atoms with Gasteiger partial charge in [0.15, 0.2) is 4.80 Å². The fraction of sp³-hybridized carbons (Fsp3) is 0.263. The molecule has 1 atom stereocenters. The summed E-state index contributed by atoms with van der Waals surface area (Å²) < 4.78 is 30.1. The Morgan fingerprint density at radius 1 is 1.29 bits per heavy atom. The van der Waals surface area contributed by atoms with Crippen molar-refractivity contribution in [2.45, 2.75) is 29.6 Å². The molecule has 0 spiro atoms. The molecule has 2 aromatic heterocycles. The summed E-state index contributed by atoms with van der Waals surface area (Å²) in [6.07, 6.45) is 6.58. The standard InChI is InChI=1S/C19H17N3O3S3/c1-2-11-21-14-7-3-4-9-16(14)27-19(21)20-18(23)15-8-5-12-22(15)28(24,25)17-10-6-13-26-17/h1,3-4,6-7,9-10,13,15H,5,8,11-12H2. The third-order valence-electron chi connectivity index (χ3n) is 4.59. The monoisotopic (exact) mass is 431 g/mol. The van der Waals surface area contributed by atoms with Crippen LogP contribution in [-0.4, -0.2) is 35.8 Å². The molecule has 28 heavy (non-hydrogen) atoms. The second kappa shape index (κ2) is 7.64. The zero-order valence-corrected chi connectivity index (χ0v) is 17.3. The Balaban J connectivity index is 1.73. The predicted molar refractivity (Wildman–Crippen MR) is 110 cm³/mol. The molecule has 0 aliphatic carbocycles. The maximum atomic E-state index is 12.9. The average Bonchev–Trinajstić information content (AvgIpc) is 3.43. The predicted octanol–water partition coefficient (Wildman–Crippen LogP) is 2.68. The van der Waals surface area contributed by atoms with Gasteiger partial charge in [0, 0.05) is 6.54 Å². The normalized spacial score (nSPS) is 18.5. The minimum atomic E-state index is -3.69. The van der Waals surface area contributed by atoms with Crippen LogP contribution in [-0.2, 0) is 21.4 Å². The molecule has 1 saturated heterocycles. The summed E-state index contributed by atoms with van der Waals surface area (Å²) in [5, 5.41) is 1.71. The molecule has 3 heterocycles. The van der Waals surface area contributed by atoms with E-state index in [4.69, 9.17) is 6.42 Å². The molecule has 3 aromatic rings. The highest BCUT2D eigenvalue weighted by molar-refractivity contribution is 7.91. The Morgan fingerprint density at radius 2 is 2.11 bits per heavy atom. The number of hydrogen-bond donors (Lipinski definition) is 0. The van der Waals surface area contributed by atoms with Crippen LogP contribution in [0.4, 0.5) is 0 Å². The number of amides is 1.